The van der Waals surface area contributed by atoms with E-state index in [0.29, 0.717) is 31.1 Å². The van der Waals surface area contributed by atoms with Crippen LogP contribution in [-0.2, 0) is 6.42 Å². The van der Waals surface area contributed by atoms with Crippen LogP contribution in [0.2, 0.25) is 0 Å². The van der Waals surface area contributed by atoms with Crippen LogP contribution < -0.4 is 9.47 Å². The van der Waals surface area contributed by atoms with Crippen molar-refractivity contribution in [1.29, 1.82) is 0 Å². The van der Waals surface area contributed by atoms with Gasteiger partial charge in [0.15, 0.2) is 17.3 Å². The molecule has 0 aliphatic rings. The minimum absolute atomic E-state index is 0.0271. The van der Waals surface area contributed by atoms with Crippen molar-refractivity contribution >= 4 is 23.1 Å². The van der Waals surface area contributed by atoms with Crippen molar-refractivity contribution < 1.29 is 24.2 Å². The highest BCUT2D eigenvalue weighted by atomic mass is 32.1. The van der Waals surface area contributed by atoms with Crippen molar-refractivity contribution in [1.82, 2.24) is 4.98 Å². The fourth-order valence-corrected chi connectivity index (χ4v) is 3.88. The summed E-state index contributed by atoms with van der Waals surface area (Å²) in [6, 6.07) is 12.0. The molecule has 0 fully saturated rings. The number of hydrogen-bond donors (Lipinski definition) is 1. The lowest BCUT2D eigenvalue weighted by Crippen LogP contribution is -2.09. The highest BCUT2D eigenvalue weighted by Gasteiger charge is 2.16. The zero-order valence-corrected chi connectivity index (χ0v) is 17.7. The van der Waals surface area contributed by atoms with E-state index in [-0.39, 0.29) is 23.3 Å². The summed E-state index contributed by atoms with van der Waals surface area (Å²) in [6.45, 7) is 4.93. The Bertz CT molecular complexity index is 1040. The Morgan fingerprint density at radius 1 is 1.00 bits per heavy atom. The second-order valence-corrected chi connectivity index (χ2v) is 7.30. The van der Waals surface area contributed by atoms with Gasteiger partial charge < -0.3 is 14.6 Å². The minimum Gasteiger partial charge on any atom is -0.490 e. The Morgan fingerprint density at radius 2 is 1.70 bits per heavy atom. The van der Waals surface area contributed by atoms with E-state index in [0.717, 1.165) is 16.3 Å². The molecule has 0 aliphatic carbocycles. The number of carboxylic acid groups (broad SMARTS) is 1. The van der Waals surface area contributed by atoms with E-state index in [1.807, 2.05) is 37.4 Å². The fraction of sp³-hybridized carbons (Fsp3) is 0.261. The van der Waals surface area contributed by atoms with Crippen molar-refractivity contribution in [3.8, 4) is 22.1 Å². The van der Waals surface area contributed by atoms with E-state index in [1.165, 1.54) is 17.4 Å². The third kappa shape index (κ3) is 5.04. The Balaban J connectivity index is 1.72. The van der Waals surface area contributed by atoms with Crippen LogP contribution in [0.1, 0.15) is 46.7 Å². The van der Waals surface area contributed by atoms with Crippen LogP contribution in [-0.4, -0.2) is 35.1 Å². The van der Waals surface area contributed by atoms with E-state index in [1.54, 1.807) is 18.2 Å². The molecule has 156 valence electrons. The van der Waals surface area contributed by atoms with Crippen LogP contribution >= 0.6 is 11.3 Å². The standard InChI is InChI=1S/C23H23NO5S/c1-3-28-20-12-9-15(13-21(20)29-4-2)22-24-16(14-30-22)10-11-19(25)17-7-5-6-8-18(17)23(26)27/h5-9,12-14H,3-4,10-11H2,1-2H3,(H,26,27). The van der Waals surface area contributed by atoms with E-state index < -0.39 is 5.97 Å². The molecule has 0 saturated heterocycles. The van der Waals surface area contributed by atoms with E-state index in [9.17, 15) is 14.7 Å². The Morgan fingerprint density at radius 3 is 2.40 bits per heavy atom. The third-order valence-corrected chi connectivity index (χ3v) is 5.35. The van der Waals surface area contributed by atoms with Gasteiger partial charge in [0.25, 0.3) is 0 Å². The molecule has 0 amide bonds. The van der Waals surface area contributed by atoms with Crippen LogP contribution in [0.4, 0.5) is 0 Å². The summed E-state index contributed by atoms with van der Waals surface area (Å²) in [6.07, 6.45) is 0.638. The SMILES string of the molecule is CCOc1ccc(-c2nc(CCC(=O)c3ccccc3C(=O)O)cs2)cc1OCC. The quantitative estimate of drug-likeness (QED) is 0.454. The van der Waals surface area contributed by atoms with Crippen LogP contribution in [0.5, 0.6) is 11.5 Å². The van der Waals surface area contributed by atoms with Crippen molar-refractivity contribution in [3.63, 3.8) is 0 Å². The summed E-state index contributed by atoms with van der Waals surface area (Å²) in [5, 5.41) is 12.0. The van der Waals surface area contributed by atoms with Crippen LogP contribution in [0.15, 0.2) is 47.8 Å². The summed E-state index contributed by atoms with van der Waals surface area (Å²) in [5.74, 6) is 0.0642. The highest BCUT2D eigenvalue weighted by molar-refractivity contribution is 7.13. The van der Waals surface area contributed by atoms with Gasteiger partial charge in [-0.15, -0.1) is 11.3 Å². The molecule has 6 nitrogen and oxygen atoms in total. The predicted molar refractivity (Wildman–Crippen MR) is 116 cm³/mol. The number of nitrogens with zero attached hydrogens (tertiary/aromatic N) is 1. The molecule has 1 N–H and O–H groups in total. The molecule has 0 spiro atoms. The summed E-state index contributed by atoms with van der Waals surface area (Å²) < 4.78 is 11.3. The average Bonchev–Trinajstić information content (AvgIpc) is 3.22. The first kappa shape index (κ1) is 21.5. The largest absolute Gasteiger partial charge is 0.490 e. The Kier molecular flexibility index (Phi) is 7.19. The van der Waals surface area contributed by atoms with Crippen molar-refractivity contribution in [2.45, 2.75) is 26.7 Å². The molecule has 3 aromatic rings. The number of carbonyl (C=O) groups excluding carboxylic acids is 1. The molecule has 0 bridgehead atoms. The molecular weight excluding hydrogens is 402 g/mol. The smallest absolute Gasteiger partial charge is 0.336 e. The fourth-order valence-electron chi connectivity index (χ4n) is 3.03. The molecule has 7 heteroatoms. The number of hydrogen-bond acceptors (Lipinski definition) is 6. The van der Waals surface area contributed by atoms with Gasteiger partial charge in [0.1, 0.15) is 5.01 Å². The van der Waals surface area contributed by atoms with Crippen LogP contribution in [0.3, 0.4) is 0 Å². The maximum atomic E-state index is 12.5. The Labute approximate surface area is 179 Å². The van der Waals surface area contributed by atoms with E-state index in [2.05, 4.69) is 4.98 Å². The first-order valence-electron chi connectivity index (χ1n) is 9.73. The molecule has 2 aromatic carbocycles. The van der Waals surface area contributed by atoms with E-state index in [4.69, 9.17) is 9.47 Å². The maximum absolute atomic E-state index is 12.5. The van der Waals surface area contributed by atoms with Gasteiger partial charge in [-0.05, 0) is 44.5 Å². The van der Waals surface area contributed by atoms with Gasteiger partial charge >= 0.3 is 5.97 Å². The minimum atomic E-state index is -1.10. The van der Waals surface area contributed by atoms with Gasteiger partial charge in [0.05, 0.1) is 24.5 Å². The number of Topliss-reactive ketones (excluding diaryl/α,β-unsaturated/α-hetero) is 1. The molecule has 1 heterocycles. The Hall–Kier alpha value is -3.19. The van der Waals surface area contributed by atoms with E-state index >= 15 is 0 Å². The summed E-state index contributed by atoms with van der Waals surface area (Å²) >= 11 is 1.49. The monoisotopic (exact) mass is 425 g/mol. The lowest BCUT2D eigenvalue weighted by molar-refractivity contribution is 0.0691. The zero-order chi connectivity index (χ0) is 21.5. The number of ketones is 1. The molecule has 0 aliphatic heterocycles. The van der Waals surface area contributed by atoms with Gasteiger partial charge in [-0.3, -0.25) is 4.79 Å². The molecule has 0 radical (unpaired) electrons. The van der Waals surface area contributed by atoms with Crippen molar-refractivity contribution in [2.75, 3.05) is 13.2 Å². The molecule has 3 rings (SSSR count). The highest BCUT2D eigenvalue weighted by Crippen LogP contribution is 2.34. The second-order valence-electron chi connectivity index (χ2n) is 6.45. The van der Waals surface area contributed by atoms with Crippen molar-refractivity contribution in [3.05, 3.63) is 64.7 Å². The maximum Gasteiger partial charge on any atom is 0.336 e. The number of aryl methyl sites for hydroxylation is 1. The molecule has 0 unspecified atom stereocenters. The first-order chi connectivity index (χ1) is 14.5. The summed E-state index contributed by atoms with van der Waals surface area (Å²) in [7, 11) is 0. The molecule has 0 saturated carbocycles. The van der Waals surface area contributed by atoms with Crippen molar-refractivity contribution in [2.24, 2.45) is 0 Å². The normalized spacial score (nSPS) is 10.6. The number of thiazole rings is 1. The number of rotatable bonds is 10. The molecule has 30 heavy (non-hydrogen) atoms. The predicted octanol–water partition coefficient (Wildman–Crippen LogP) is 5.12. The number of aromatic nitrogens is 1. The number of carbonyl (C=O) groups is 2. The molecule has 0 atom stereocenters. The topological polar surface area (TPSA) is 85.7 Å². The lowest BCUT2D eigenvalue weighted by Gasteiger charge is -2.11. The molecular formula is C23H23NO5S. The second kappa shape index (κ2) is 10.0. The summed E-state index contributed by atoms with van der Waals surface area (Å²) in [5.41, 5.74) is 1.97. The third-order valence-electron chi connectivity index (χ3n) is 4.41. The summed E-state index contributed by atoms with van der Waals surface area (Å²) in [4.78, 5) is 28.5. The van der Waals surface area contributed by atoms with Gasteiger partial charge in [0.2, 0.25) is 0 Å². The average molecular weight is 426 g/mol. The van der Waals surface area contributed by atoms with Gasteiger partial charge in [0, 0.05) is 22.9 Å². The number of carboxylic acids is 1. The van der Waals surface area contributed by atoms with Gasteiger partial charge in [-0.25, -0.2) is 9.78 Å². The zero-order valence-electron chi connectivity index (χ0n) is 16.9. The first-order valence-corrected chi connectivity index (χ1v) is 10.6. The number of ether oxygens (including phenoxy) is 2. The van der Waals surface area contributed by atoms with Gasteiger partial charge in [-0.2, -0.15) is 0 Å². The van der Waals surface area contributed by atoms with Crippen LogP contribution in [0.25, 0.3) is 10.6 Å². The molecule has 1 aromatic heterocycles. The van der Waals surface area contributed by atoms with Gasteiger partial charge in [-0.1, -0.05) is 18.2 Å². The van der Waals surface area contributed by atoms with Crippen LogP contribution in [0, 0.1) is 0 Å². The lowest BCUT2D eigenvalue weighted by atomic mass is 10.0. The number of aromatic carboxylic acids is 1. The number of benzene rings is 2.